The first kappa shape index (κ1) is 22.0. The average Bonchev–Trinajstić information content (AvgIpc) is 2.91. The number of para-hydroxylation sites is 1. The molecule has 2 bridgehead atoms. The summed E-state index contributed by atoms with van der Waals surface area (Å²) in [4.78, 5) is 1.97. The van der Waals surface area contributed by atoms with Crippen LogP contribution in [0.5, 0.6) is 5.75 Å². The van der Waals surface area contributed by atoms with Crippen molar-refractivity contribution in [2.45, 2.75) is 75.3 Å². The van der Waals surface area contributed by atoms with E-state index in [2.05, 4.69) is 10.8 Å². The van der Waals surface area contributed by atoms with Gasteiger partial charge in [-0.1, -0.05) is 24.6 Å². The molecule has 168 valence electrons. The zero-order valence-electron chi connectivity index (χ0n) is 17.7. The summed E-state index contributed by atoms with van der Waals surface area (Å²) in [5.74, 6) is 1.29. The van der Waals surface area contributed by atoms with Crippen LogP contribution in [0.3, 0.4) is 0 Å². The second-order valence-corrected chi connectivity index (χ2v) is 10.7. The Labute approximate surface area is 179 Å². The molecule has 1 saturated carbocycles. The summed E-state index contributed by atoms with van der Waals surface area (Å²) in [6.45, 7) is 1.25. The predicted octanol–water partition coefficient (Wildman–Crippen LogP) is 2.21. The third-order valence-electron chi connectivity index (χ3n) is 6.74. The minimum Gasteiger partial charge on any atom is -0.489 e. The van der Waals surface area contributed by atoms with Gasteiger partial charge in [-0.15, -0.1) is 0 Å². The molecule has 1 aliphatic carbocycles. The van der Waals surface area contributed by atoms with Crippen molar-refractivity contribution in [1.82, 2.24) is 9.62 Å². The Morgan fingerprint density at radius 3 is 2.60 bits per heavy atom. The van der Waals surface area contributed by atoms with Crippen molar-refractivity contribution in [2.24, 2.45) is 0 Å². The molecule has 3 heterocycles. The Kier molecular flexibility index (Phi) is 6.99. The molecule has 8 heteroatoms. The standard InChI is InChI=1S/C22H34N2O5S/c1-30(26,27)23-19-7-4-5-13-24-20(19)14-28-17-11-9-16(10-12-17)18-6-2-3-8-21(18)29-15-22(24)25/h2-3,6,8,16-17,19-20,22-23,25H,4-5,7,9-15H2,1H3. The van der Waals surface area contributed by atoms with Crippen LogP contribution in [0.4, 0.5) is 0 Å². The van der Waals surface area contributed by atoms with Crippen molar-refractivity contribution in [3.05, 3.63) is 29.8 Å². The highest BCUT2D eigenvalue weighted by molar-refractivity contribution is 7.88. The summed E-state index contributed by atoms with van der Waals surface area (Å²) in [6.07, 6.45) is 7.15. The molecular weight excluding hydrogens is 404 g/mol. The van der Waals surface area contributed by atoms with Gasteiger partial charge in [-0.2, -0.15) is 0 Å². The summed E-state index contributed by atoms with van der Waals surface area (Å²) in [5.41, 5.74) is 1.21. The number of benzene rings is 1. The van der Waals surface area contributed by atoms with Crippen molar-refractivity contribution >= 4 is 10.0 Å². The second-order valence-electron chi connectivity index (χ2n) is 8.93. The van der Waals surface area contributed by atoms with E-state index < -0.39 is 16.3 Å². The van der Waals surface area contributed by atoms with E-state index in [0.29, 0.717) is 19.1 Å². The van der Waals surface area contributed by atoms with Crippen LogP contribution in [0.25, 0.3) is 0 Å². The minimum absolute atomic E-state index is 0.148. The Balaban J connectivity index is 1.62. The van der Waals surface area contributed by atoms with Crippen molar-refractivity contribution < 1.29 is 23.0 Å². The lowest BCUT2D eigenvalue weighted by Gasteiger charge is -2.38. The maximum atomic E-state index is 12.0. The monoisotopic (exact) mass is 438 g/mol. The molecule has 3 unspecified atom stereocenters. The molecule has 1 aromatic rings. The van der Waals surface area contributed by atoms with Crippen LogP contribution in [0, 0.1) is 0 Å². The third kappa shape index (κ3) is 5.34. The van der Waals surface area contributed by atoms with Gasteiger partial charge in [0.2, 0.25) is 10.0 Å². The van der Waals surface area contributed by atoms with Crippen molar-refractivity contribution in [1.29, 1.82) is 0 Å². The van der Waals surface area contributed by atoms with Crippen molar-refractivity contribution in [3.63, 3.8) is 0 Å². The van der Waals surface area contributed by atoms with E-state index in [9.17, 15) is 13.5 Å². The number of rotatable bonds is 2. The van der Waals surface area contributed by atoms with Gasteiger partial charge < -0.3 is 14.6 Å². The first-order valence-corrected chi connectivity index (χ1v) is 13.0. The van der Waals surface area contributed by atoms with E-state index in [4.69, 9.17) is 9.47 Å². The molecule has 3 atom stereocenters. The number of sulfonamides is 1. The van der Waals surface area contributed by atoms with Crippen LogP contribution in [-0.4, -0.2) is 68.9 Å². The summed E-state index contributed by atoms with van der Waals surface area (Å²) in [5, 5.41) is 11.0. The van der Waals surface area contributed by atoms with Gasteiger partial charge in [-0.25, -0.2) is 13.1 Å². The van der Waals surface area contributed by atoms with Gasteiger partial charge in [0.15, 0.2) is 0 Å². The smallest absolute Gasteiger partial charge is 0.209 e. The fraction of sp³-hybridized carbons (Fsp3) is 0.727. The number of aliphatic hydroxyl groups is 1. The zero-order valence-corrected chi connectivity index (χ0v) is 18.5. The van der Waals surface area contributed by atoms with Crippen LogP contribution >= 0.6 is 0 Å². The van der Waals surface area contributed by atoms with Crippen LogP contribution in [0.2, 0.25) is 0 Å². The molecule has 30 heavy (non-hydrogen) atoms. The predicted molar refractivity (Wildman–Crippen MR) is 115 cm³/mol. The van der Waals surface area contributed by atoms with E-state index in [1.165, 1.54) is 11.8 Å². The normalized spacial score (nSPS) is 33.7. The second kappa shape index (κ2) is 9.53. The minimum atomic E-state index is -3.36. The van der Waals surface area contributed by atoms with E-state index in [1.807, 2.05) is 23.1 Å². The Hall–Kier alpha value is -1.19. The molecule has 0 amide bonds. The topological polar surface area (TPSA) is 88.1 Å². The number of nitrogens with one attached hydrogen (secondary N) is 1. The largest absolute Gasteiger partial charge is 0.489 e. The summed E-state index contributed by atoms with van der Waals surface area (Å²) in [7, 11) is -3.36. The Bertz CT molecular complexity index is 810. The van der Waals surface area contributed by atoms with Crippen LogP contribution in [0.1, 0.15) is 56.4 Å². The molecule has 5 rings (SSSR count). The van der Waals surface area contributed by atoms with Crippen LogP contribution in [0.15, 0.2) is 24.3 Å². The van der Waals surface area contributed by atoms with Gasteiger partial charge >= 0.3 is 0 Å². The summed E-state index contributed by atoms with van der Waals surface area (Å²) < 4.78 is 39.2. The van der Waals surface area contributed by atoms with Crippen molar-refractivity contribution in [2.75, 3.05) is 26.0 Å². The molecule has 1 aromatic carbocycles. The molecule has 4 aliphatic rings. The van der Waals surface area contributed by atoms with Gasteiger partial charge in [0.05, 0.1) is 25.0 Å². The summed E-state index contributed by atoms with van der Waals surface area (Å²) in [6, 6.07) is 7.62. The number of ether oxygens (including phenoxy) is 2. The first-order valence-electron chi connectivity index (χ1n) is 11.1. The summed E-state index contributed by atoms with van der Waals surface area (Å²) >= 11 is 0. The van der Waals surface area contributed by atoms with Gasteiger partial charge in [0.25, 0.3) is 0 Å². The Morgan fingerprint density at radius 2 is 1.83 bits per heavy atom. The number of fused-ring (bicyclic) bond motifs is 5. The van der Waals surface area contributed by atoms with Gasteiger partial charge in [0.1, 0.15) is 18.6 Å². The maximum absolute atomic E-state index is 12.0. The number of hydrogen-bond acceptors (Lipinski definition) is 6. The fourth-order valence-corrected chi connectivity index (χ4v) is 6.05. The van der Waals surface area contributed by atoms with E-state index >= 15 is 0 Å². The average molecular weight is 439 g/mol. The highest BCUT2D eigenvalue weighted by Gasteiger charge is 2.37. The molecule has 3 aliphatic heterocycles. The number of hydrogen-bond donors (Lipinski definition) is 2. The quantitative estimate of drug-likeness (QED) is 0.736. The highest BCUT2D eigenvalue weighted by atomic mass is 32.2. The fourth-order valence-electron chi connectivity index (χ4n) is 5.23. The lowest BCUT2D eigenvalue weighted by atomic mass is 9.82. The van der Waals surface area contributed by atoms with Crippen LogP contribution < -0.4 is 9.46 Å². The van der Waals surface area contributed by atoms with Crippen LogP contribution in [-0.2, 0) is 14.8 Å². The lowest BCUT2D eigenvalue weighted by molar-refractivity contribution is -0.0851. The van der Waals surface area contributed by atoms with E-state index in [-0.39, 0.29) is 24.8 Å². The highest BCUT2D eigenvalue weighted by Crippen LogP contribution is 2.39. The van der Waals surface area contributed by atoms with Gasteiger partial charge in [-0.3, -0.25) is 4.90 Å². The third-order valence-corrected chi connectivity index (χ3v) is 7.47. The number of nitrogens with zero attached hydrogens (tertiary/aromatic N) is 1. The molecule has 0 aromatic heterocycles. The zero-order chi connectivity index (χ0) is 21.1. The molecule has 0 spiro atoms. The Morgan fingerprint density at radius 1 is 1.07 bits per heavy atom. The molecule has 0 radical (unpaired) electrons. The van der Waals surface area contributed by atoms with Crippen molar-refractivity contribution in [3.8, 4) is 5.75 Å². The maximum Gasteiger partial charge on any atom is 0.209 e. The van der Waals surface area contributed by atoms with E-state index in [1.54, 1.807) is 0 Å². The molecule has 2 fully saturated rings. The number of aliphatic hydroxyl groups excluding tert-OH is 1. The first-order chi connectivity index (χ1) is 14.4. The molecule has 2 N–H and O–H groups in total. The molecule has 7 nitrogen and oxygen atoms in total. The van der Waals surface area contributed by atoms with E-state index in [0.717, 1.165) is 50.7 Å². The molecular formula is C22H34N2O5S. The lowest BCUT2D eigenvalue weighted by Crippen LogP contribution is -2.57. The SMILES string of the molecule is CS(=O)(=O)NC1CCCCN2C(O)COc3ccccc3C3CCC(CC3)OCC12. The van der Waals surface area contributed by atoms with Gasteiger partial charge in [-0.05, 0) is 56.1 Å². The molecule has 1 saturated heterocycles. The van der Waals surface area contributed by atoms with Gasteiger partial charge in [0, 0.05) is 12.6 Å².